The summed E-state index contributed by atoms with van der Waals surface area (Å²) in [7, 11) is -3.70. The Morgan fingerprint density at radius 1 is 1.53 bits per heavy atom. The molecule has 0 aliphatic heterocycles. The lowest BCUT2D eigenvalue weighted by atomic mass is 10.5. The summed E-state index contributed by atoms with van der Waals surface area (Å²) < 4.78 is 30.4. The first kappa shape index (κ1) is 13.8. The van der Waals surface area contributed by atoms with Gasteiger partial charge in [-0.25, -0.2) is 8.42 Å². The molecule has 6 heteroatoms. The van der Waals surface area contributed by atoms with Gasteiger partial charge in [0, 0.05) is 6.54 Å². The molecular formula is C11H15NO4S. The standard InChI is InChI=1S/C11H15NO4S/c1-3-7-12(8-4-2)17(14,15)11-6-5-10(9-13)16-11/h1,5-6,13H,4,7-9H2,2H3. The number of rotatable bonds is 6. The van der Waals surface area contributed by atoms with Crippen LogP contribution < -0.4 is 0 Å². The van der Waals surface area contributed by atoms with Gasteiger partial charge in [0.25, 0.3) is 10.0 Å². The highest BCUT2D eigenvalue weighted by atomic mass is 32.2. The van der Waals surface area contributed by atoms with E-state index in [-0.39, 0.29) is 24.0 Å². The summed E-state index contributed by atoms with van der Waals surface area (Å²) in [5, 5.41) is 8.64. The van der Waals surface area contributed by atoms with Gasteiger partial charge in [-0.15, -0.1) is 6.42 Å². The van der Waals surface area contributed by atoms with Crippen LogP contribution in [0.25, 0.3) is 0 Å². The molecule has 0 saturated heterocycles. The van der Waals surface area contributed by atoms with Crippen molar-refractivity contribution in [1.82, 2.24) is 4.31 Å². The average molecular weight is 257 g/mol. The number of sulfonamides is 1. The quantitative estimate of drug-likeness (QED) is 0.765. The van der Waals surface area contributed by atoms with E-state index in [1.165, 1.54) is 16.4 Å². The summed E-state index contributed by atoms with van der Waals surface area (Å²) in [4.78, 5) is 0. The fourth-order valence-corrected chi connectivity index (χ4v) is 2.72. The highest BCUT2D eigenvalue weighted by Gasteiger charge is 2.26. The molecule has 1 heterocycles. The number of furan rings is 1. The number of nitrogens with zero attached hydrogens (tertiary/aromatic N) is 1. The lowest BCUT2D eigenvalue weighted by molar-refractivity contribution is 0.235. The van der Waals surface area contributed by atoms with E-state index >= 15 is 0 Å². The lowest BCUT2D eigenvalue weighted by Gasteiger charge is -2.17. The Morgan fingerprint density at radius 3 is 2.71 bits per heavy atom. The van der Waals surface area contributed by atoms with Crippen molar-refractivity contribution in [3.8, 4) is 12.3 Å². The Bertz CT molecular complexity index is 498. The van der Waals surface area contributed by atoms with E-state index in [9.17, 15) is 8.42 Å². The Hall–Kier alpha value is -1.29. The SMILES string of the molecule is C#CCN(CCC)S(=O)(=O)c1ccc(CO)o1. The molecule has 1 aromatic heterocycles. The molecule has 0 aromatic carbocycles. The molecule has 94 valence electrons. The normalized spacial score (nSPS) is 11.6. The molecule has 1 N–H and O–H groups in total. The summed E-state index contributed by atoms with van der Waals surface area (Å²) >= 11 is 0. The fourth-order valence-electron chi connectivity index (χ4n) is 1.34. The summed E-state index contributed by atoms with van der Waals surface area (Å²) in [6, 6.07) is 2.74. The maximum Gasteiger partial charge on any atom is 0.277 e. The van der Waals surface area contributed by atoms with Gasteiger partial charge in [-0.1, -0.05) is 12.8 Å². The minimum Gasteiger partial charge on any atom is -0.446 e. The van der Waals surface area contributed by atoms with Crippen molar-refractivity contribution in [1.29, 1.82) is 0 Å². The van der Waals surface area contributed by atoms with Crippen LogP contribution in [0.2, 0.25) is 0 Å². The van der Waals surface area contributed by atoms with Gasteiger partial charge in [-0.05, 0) is 18.6 Å². The molecule has 0 bridgehead atoms. The molecule has 0 radical (unpaired) electrons. The first-order chi connectivity index (χ1) is 8.06. The van der Waals surface area contributed by atoms with E-state index in [0.717, 1.165) is 0 Å². The molecule has 1 rings (SSSR count). The molecular weight excluding hydrogens is 242 g/mol. The van der Waals surface area contributed by atoms with Crippen LogP contribution in [0.4, 0.5) is 0 Å². The van der Waals surface area contributed by atoms with Crippen LogP contribution in [0, 0.1) is 12.3 Å². The monoisotopic (exact) mass is 257 g/mol. The molecule has 0 unspecified atom stereocenters. The molecule has 0 atom stereocenters. The minimum absolute atomic E-state index is 0.00529. The Kier molecular flexibility index (Phi) is 4.75. The molecule has 0 spiro atoms. The van der Waals surface area contributed by atoms with E-state index in [1.807, 2.05) is 6.92 Å². The third-order valence-electron chi connectivity index (χ3n) is 2.13. The third-order valence-corrected chi connectivity index (χ3v) is 3.85. The maximum absolute atomic E-state index is 12.1. The Balaban J connectivity index is 3.03. The number of terminal acetylenes is 1. The van der Waals surface area contributed by atoms with Crippen LogP contribution in [-0.4, -0.2) is 30.9 Å². The van der Waals surface area contributed by atoms with Gasteiger partial charge in [-0.3, -0.25) is 0 Å². The van der Waals surface area contributed by atoms with Crippen molar-refractivity contribution in [2.45, 2.75) is 25.0 Å². The van der Waals surface area contributed by atoms with E-state index in [0.29, 0.717) is 13.0 Å². The van der Waals surface area contributed by atoms with Crippen molar-refractivity contribution in [3.05, 3.63) is 17.9 Å². The zero-order valence-electron chi connectivity index (χ0n) is 9.59. The van der Waals surface area contributed by atoms with E-state index in [1.54, 1.807) is 0 Å². The topological polar surface area (TPSA) is 70.8 Å². The van der Waals surface area contributed by atoms with Crippen molar-refractivity contribution in [3.63, 3.8) is 0 Å². The molecule has 0 aliphatic carbocycles. The van der Waals surface area contributed by atoms with Gasteiger partial charge >= 0.3 is 0 Å². The van der Waals surface area contributed by atoms with Crippen molar-refractivity contribution < 1.29 is 17.9 Å². The number of hydrogen-bond donors (Lipinski definition) is 1. The van der Waals surface area contributed by atoms with Crippen molar-refractivity contribution >= 4 is 10.0 Å². The highest BCUT2D eigenvalue weighted by molar-refractivity contribution is 7.89. The zero-order valence-corrected chi connectivity index (χ0v) is 10.4. The predicted octanol–water partition coefficient (Wildman–Crippen LogP) is 0.806. The second-order valence-corrected chi connectivity index (χ2v) is 5.29. The van der Waals surface area contributed by atoms with Gasteiger partial charge in [-0.2, -0.15) is 4.31 Å². The molecule has 0 fully saturated rings. The summed E-state index contributed by atoms with van der Waals surface area (Å²) in [6.45, 7) is 1.87. The van der Waals surface area contributed by atoms with Crippen LogP contribution in [0.5, 0.6) is 0 Å². The smallest absolute Gasteiger partial charge is 0.277 e. The van der Waals surface area contributed by atoms with Crippen LogP contribution in [-0.2, 0) is 16.6 Å². The second kappa shape index (κ2) is 5.87. The minimum atomic E-state index is -3.70. The van der Waals surface area contributed by atoms with Gasteiger partial charge in [0.1, 0.15) is 12.4 Å². The molecule has 0 saturated carbocycles. The highest BCUT2D eigenvalue weighted by Crippen LogP contribution is 2.18. The van der Waals surface area contributed by atoms with Gasteiger partial charge < -0.3 is 9.52 Å². The first-order valence-electron chi connectivity index (χ1n) is 5.19. The zero-order chi connectivity index (χ0) is 12.9. The molecule has 17 heavy (non-hydrogen) atoms. The van der Waals surface area contributed by atoms with Gasteiger partial charge in [0.2, 0.25) is 5.09 Å². The van der Waals surface area contributed by atoms with Crippen molar-refractivity contribution in [2.75, 3.05) is 13.1 Å². The summed E-state index contributed by atoms with van der Waals surface area (Å²) in [6.07, 6.45) is 5.80. The maximum atomic E-state index is 12.1. The predicted molar refractivity (Wildman–Crippen MR) is 62.5 cm³/mol. The number of hydrogen-bond acceptors (Lipinski definition) is 4. The van der Waals surface area contributed by atoms with E-state index in [2.05, 4.69) is 5.92 Å². The van der Waals surface area contributed by atoms with E-state index < -0.39 is 10.0 Å². The van der Waals surface area contributed by atoms with Crippen LogP contribution >= 0.6 is 0 Å². The van der Waals surface area contributed by atoms with Crippen LogP contribution in [0.1, 0.15) is 19.1 Å². The Labute approximate surface area is 101 Å². The second-order valence-electron chi connectivity index (χ2n) is 3.42. The van der Waals surface area contributed by atoms with Gasteiger partial charge in [0.15, 0.2) is 0 Å². The first-order valence-corrected chi connectivity index (χ1v) is 6.63. The number of aliphatic hydroxyl groups excluding tert-OH is 1. The lowest BCUT2D eigenvalue weighted by Crippen LogP contribution is -2.31. The largest absolute Gasteiger partial charge is 0.446 e. The third kappa shape index (κ3) is 3.09. The van der Waals surface area contributed by atoms with Crippen LogP contribution in [0.3, 0.4) is 0 Å². The summed E-state index contributed by atoms with van der Waals surface area (Å²) in [5.41, 5.74) is 0. The molecule has 0 amide bonds. The van der Waals surface area contributed by atoms with Crippen LogP contribution in [0.15, 0.2) is 21.6 Å². The summed E-state index contributed by atoms with van der Waals surface area (Å²) in [5.74, 6) is 2.51. The number of aliphatic hydroxyl groups is 1. The Morgan fingerprint density at radius 2 is 2.24 bits per heavy atom. The molecule has 5 nitrogen and oxygen atoms in total. The molecule has 0 aliphatic rings. The van der Waals surface area contributed by atoms with E-state index in [4.69, 9.17) is 15.9 Å². The average Bonchev–Trinajstić information content (AvgIpc) is 2.78. The van der Waals surface area contributed by atoms with Crippen molar-refractivity contribution in [2.24, 2.45) is 0 Å². The molecule has 1 aromatic rings. The van der Waals surface area contributed by atoms with Gasteiger partial charge in [0.05, 0.1) is 6.54 Å². The fraction of sp³-hybridized carbons (Fsp3) is 0.455.